The van der Waals surface area contributed by atoms with Crippen LogP contribution < -0.4 is 5.73 Å². The number of carbonyl (C=O) groups is 1. The molecule has 0 saturated carbocycles. The average molecular weight is 197 g/mol. The Morgan fingerprint density at radius 2 is 2.00 bits per heavy atom. The van der Waals surface area contributed by atoms with Crippen molar-refractivity contribution in [2.24, 2.45) is 5.73 Å². The molecule has 5 nitrogen and oxygen atoms in total. The fourth-order valence-corrected chi connectivity index (χ4v) is 1.11. The number of rotatable bonds is 3. The van der Waals surface area contributed by atoms with Crippen LogP contribution in [0.4, 0.5) is 0 Å². The second-order valence-corrected chi connectivity index (χ2v) is 2.81. The van der Waals surface area contributed by atoms with Crippen LogP contribution in [0.3, 0.4) is 0 Å². The molecule has 1 rings (SSSR count). The van der Waals surface area contributed by atoms with Crippen LogP contribution in [-0.4, -0.2) is 22.9 Å². The molecule has 0 radical (unpaired) electrons. The minimum atomic E-state index is -1.99. The van der Waals surface area contributed by atoms with Crippen molar-refractivity contribution < 1.29 is 20.0 Å². The van der Waals surface area contributed by atoms with Crippen LogP contribution in [-0.2, 0) is 15.3 Å². The van der Waals surface area contributed by atoms with Crippen molar-refractivity contribution in [1.82, 2.24) is 0 Å². The summed E-state index contributed by atoms with van der Waals surface area (Å²) in [7, 11) is 0. The highest BCUT2D eigenvalue weighted by molar-refractivity contribution is 5.80. The predicted molar refractivity (Wildman–Crippen MR) is 48.1 cm³/mol. The average Bonchev–Trinajstić information content (AvgIpc) is 2.28. The molecular weight excluding hydrogens is 186 g/mol. The minimum Gasteiger partial charge on any atom is -0.373 e. The largest absolute Gasteiger partial charge is 0.379 e. The lowest BCUT2D eigenvalue weighted by atomic mass is 9.94. The fourth-order valence-electron chi connectivity index (χ4n) is 1.11. The molecule has 1 aromatic rings. The molecule has 0 aliphatic heterocycles. The van der Waals surface area contributed by atoms with Gasteiger partial charge in [-0.15, -0.1) is 0 Å². The van der Waals surface area contributed by atoms with Crippen LogP contribution in [0.1, 0.15) is 5.56 Å². The SMILES string of the molecule is NCC(O)(C(=O)OO)c1ccccc1. The molecule has 1 aromatic carbocycles. The molecule has 0 bridgehead atoms. The quantitative estimate of drug-likeness (QED) is 0.463. The van der Waals surface area contributed by atoms with Crippen molar-refractivity contribution in [1.29, 1.82) is 0 Å². The van der Waals surface area contributed by atoms with E-state index in [2.05, 4.69) is 4.89 Å². The first kappa shape index (κ1) is 10.6. The highest BCUT2D eigenvalue weighted by Gasteiger charge is 2.38. The molecule has 0 heterocycles. The Morgan fingerprint density at radius 3 is 2.43 bits per heavy atom. The van der Waals surface area contributed by atoms with Gasteiger partial charge >= 0.3 is 5.97 Å². The third-order valence-corrected chi connectivity index (χ3v) is 1.97. The van der Waals surface area contributed by atoms with Gasteiger partial charge in [-0.1, -0.05) is 30.3 Å². The molecule has 76 valence electrons. The maximum Gasteiger partial charge on any atom is 0.379 e. The van der Waals surface area contributed by atoms with Crippen molar-refractivity contribution in [3.05, 3.63) is 35.9 Å². The highest BCUT2D eigenvalue weighted by Crippen LogP contribution is 2.20. The van der Waals surface area contributed by atoms with Gasteiger partial charge in [0.2, 0.25) is 5.60 Å². The molecule has 5 heteroatoms. The van der Waals surface area contributed by atoms with E-state index in [9.17, 15) is 9.90 Å². The van der Waals surface area contributed by atoms with Gasteiger partial charge in [-0.2, -0.15) is 5.26 Å². The van der Waals surface area contributed by atoms with Gasteiger partial charge in [0.1, 0.15) is 0 Å². The van der Waals surface area contributed by atoms with E-state index in [0.29, 0.717) is 0 Å². The summed E-state index contributed by atoms with van der Waals surface area (Å²) < 4.78 is 0. The summed E-state index contributed by atoms with van der Waals surface area (Å²) in [5, 5.41) is 18.0. The van der Waals surface area contributed by atoms with Gasteiger partial charge in [-0.25, -0.2) is 4.79 Å². The number of aliphatic hydroxyl groups is 1. The Hall–Kier alpha value is -1.43. The van der Waals surface area contributed by atoms with Gasteiger partial charge < -0.3 is 10.8 Å². The van der Waals surface area contributed by atoms with Crippen LogP contribution >= 0.6 is 0 Å². The van der Waals surface area contributed by atoms with Crippen molar-refractivity contribution in [3.8, 4) is 0 Å². The highest BCUT2D eigenvalue weighted by atomic mass is 17.1. The van der Waals surface area contributed by atoms with Gasteiger partial charge in [0.05, 0.1) is 0 Å². The van der Waals surface area contributed by atoms with E-state index in [1.54, 1.807) is 18.2 Å². The standard InChI is InChI=1S/C9H11NO4/c10-6-9(12,8(11)14-13)7-4-2-1-3-5-7/h1-5,12-13H,6,10H2. The summed E-state index contributed by atoms with van der Waals surface area (Å²) in [6.45, 7) is -0.365. The van der Waals surface area contributed by atoms with Gasteiger partial charge in [-0.3, -0.25) is 4.89 Å². The van der Waals surface area contributed by atoms with Crippen molar-refractivity contribution in [2.75, 3.05) is 6.54 Å². The zero-order valence-electron chi connectivity index (χ0n) is 7.38. The normalized spacial score (nSPS) is 14.5. The molecule has 0 spiro atoms. The Kier molecular flexibility index (Phi) is 3.19. The van der Waals surface area contributed by atoms with Crippen molar-refractivity contribution in [2.45, 2.75) is 5.60 Å². The maximum absolute atomic E-state index is 11.1. The third kappa shape index (κ3) is 1.74. The van der Waals surface area contributed by atoms with Gasteiger partial charge in [0, 0.05) is 6.54 Å². The van der Waals surface area contributed by atoms with Crippen LogP contribution in [0.5, 0.6) is 0 Å². The Morgan fingerprint density at radius 1 is 1.43 bits per heavy atom. The molecular formula is C9H11NO4. The van der Waals surface area contributed by atoms with Crippen LogP contribution in [0.2, 0.25) is 0 Å². The van der Waals surface area contributed by atoms with Gasteiger partial charge in [0.25, 0.3) is 0 Å². The number of carbonyl (C=O) groups excluding carboxylic acids is 1. The summed E-state index contributed by atoms with van der Waals surface area (Å²) in [6, 6.07) is 8.04. The molecule has 0 fully saturated rings. The van der Waals surface area contributed by atoms with E-state index in [1.807, 2.05) is 0 Å². The van der Waals surface area contributed by atoms with E-state index in [-0.39, 0.29) is 12.1 Å². The number of hydrogen-bond donors (Lipinski definition) is 3. The molecule has 0 aliphatic rings. The molecule has 0 amide bonds. The smallest absolute Gasteiger partial charge is 0.373 e. The zero-order valence-corrected chi connectivity index (χ0v) is 7.38. The first-order valence-corrected chi connectivity index (χ1v) is 3.99. The van der Waals surface area contributed by atoms with E-state index in [0.717, 1.165) is 0 Å². The molecule has 0 aliphatic carbocycles. The number of hydrogen-bond acceptors (Lipinski definition) is 5. The van der Waals surface area contributed by atoms with E-state index < -0.39 is 11.6 Å². The Bertz CT molecular complexity index is 314. The molecule has 1 atom stereocenters. The summed E-state index contributed by atoms with van der Waals surface area (Å²) >= 11 is 0. The number of benzene rings is 1. The van der Waals surface area contributed by atoms with Crippen LogP contribution in [0, 0.1) is 0 Å². The second-order valence-electron chi connectivity index (χ2n) is 2.81. The Balaban J connectivity index is 3.08. The van der Waals surface area contributed by atoms with Gasteiger partial charge in [-0.05, 0) is 5.56 Å². The molecule has 1 unspecified atom stereocenters. The van der Waals surface area contributed by atoms with E-state index in [1.165, 1.54) is 12.1 Å². The lowest BCUT2D eigenvalue weighted by Crippen LogP contribution is -2.43. The molecule has 4 N–H and O–H groups in total. The fraction of sp³-hybridized carbons (Fsp3) is 0.222. The lowest BCUT2D eigenvalue weighted by Gasteiger charge is -2.22. The molecule has 14 heavy (non-hydrogen) atoms. The van der Waals surface area contributed by atoms with E-state index >= 15 is 0 Å². The number of nitrogens with two attached hydrogens (primary N) is 1. The zero-order chi connectivity index (χ0) is 10.6. The maximum atomic E-state index is 11.1. The summed E-state index contributed by atoms with van der Waals surface area (Å²) in [6.07, 6.45) is 0. The van der Waals surface area contributed by atoms with Crippen LogP contribution in [0.25, 0.3) is 0 Å². The summed E-state index contributed by atoms with van der Waals surface area (Å²) in [5.74, 6) is -1.19. The second kappa shape index (κ2) is 4.19. The summed E-state index contributed by atoms with van der Waals surface area (Å²) in [4.78, 5) is 14.6. The topological polar surface area (TPSA) is 92.8 Å². The molecule has 0 saturated heterocycles. The minimum absolute atomic E-state index is 0.279. The predicted octanol–water partition coefficient (Wildman–Crippen LogP) is -0.151. The summed E-state index contributed by atoms with van der Waals surface area (Å²) in [5.41, 5.74) is 3.54. The Labute approximate surface area is 80.7 Å². The molecule has 0 aromatic heterocycles. The van der Waals surface area contributed by atoms with Crippen molar-refractivity contribution >= 4 is 5.97 Å². The van der Waals surface area contributed by atoms with Gasteiger partial charge in [0.15, 0.2) is 0 Å². The third-order valence-electron chi connectivity index (χ3n) is 1.97. The van der Waals surface area contributed by atoms with E-state index in [4.69, 9.17) is 11.0 Å². The van der Waals surface area contributed by atoms with Crippen LogP contribution in [0.15, 0.2) is 30.3 Å². The monoisotopic (exact) mass is 197 g/mol. The first-order valence-electron chi connectivity index (χ1n) is 3.99. The first-order chi connectivity index (χ1) is 6.65. The lowest BCUT2D eigenvalue weighted by molar-refractivity contribution is -0.252. The van der Waals surface area contributed by atoms with Crippen molar-refractivity contribution in [3.63, 3.8) is 0 Å².